The molecule has 0 amide bonds. The molecule has 0 aromatic carbocycles. The fourth-order valence-electron chi connectivity index (χ4n) is 0.519. The van der Waals surface area contributed by atoms with Crippen molar-refractivity contribution in [3.05, 3.63) is 7.11 Å². The van der Waals surface area contributed by atoms with Gasteiger partial charge in [0.1, 0.15) is 7.11 Å². The van der Waals surface area contributed by atoms with Gasteiger partial charge in [-0.3, -0.25) is 9.59 Å². The lowest BCUT2D eigenvalue weighted by Crippen LogP contribution is -2.34. The minimum absolute atomic E-state index is 0.633. The second-order valence-corrected chi connectivity index (χ2v) is 2.55. The Kier molecular flexibility index (Phi) is 3.04. The Balaban J connectivity index is 4.44. The minimum atomic E-state index is -1.27. The zero-order chi connectivity index (χ0) is 9.07. The SMILES string of the molecule is [CH2]OC(=O)C(C)(C)C(=O)OC. The van der Waals surface area contributed by atoms with Crippen LogP contribution < -0.4 is 0 Å². The Labute approximate surface area is 65.5 Å². The van der Waals surface area contributed by atoms with Gasteiger partial charge >= 0.3 is 11.9 Å². The molecular weight excluding hydrogens is 148 g/mol. The van der Waals surface area contributed by atoms with Crippen LogP contribution in [-0.2, 0) is 19.1 Å². The van der Waals surface area contributed by atoms with Gasteiger partial charge in [-0.2, -0.15) is 0 Å². The topological polar surface area (TPSA) is 52.6 Å². The molecule has 0 unspecified atom stereocenters. The molecule has 0 heterocycles. The molecule has 0 aliphatic rings. The molecule has 0 aromatic heterocycles. The maximum absolute atomic E-state index is 10.9. The van der Waals surface area contributed by atoms with Crippen molar-refractivity contribution in [2.24, 2.45) is 5.41 Å². The first-order valence-electron chi connectivity index (χ1n) is 3.01. The van der Waals surface area contributed by atoms with Crippen LogP contribution in [0.3, 0.4) is 0 Å². The molecule has 4 nitrogen and oxygen atoms in total. The first kappa shape index (κ1) is 9.94. The van der Waals surface area contributed by atoms with Crippen LogP contribution in [0.1, 0.15) is 13.8 Å². The normalized spacial score (nSPS) is 10.5. The largest absolute Gasteiger partial charge is 0.468 e. The van der Waals surface area contributed by atoms with Crippen molar-refractivity contribution in [2.75, 3.05) is 7.11 Å². The van der Waals surface area contributed by atoms with Gasteiger partial charge in [0.25, 0.3) is 0 Å². The summed E-state index contributed by atoms with van der Waals surface area (Å²) < 4.78 is 8.52. The number of carbonyl (C=O) groups is 2. The molecule has 1 radical (unpaired) electrons. The first-order valence-corrected chi connectivity index (χ1v) is 3.01. The van der Waals surface area contributed by atoms with Gasteiger partial charge in [0.15, 0.2) is 5.41 Å². The van der Waals surface area contributed by atoms with E-state index in [2.05, 4.69) is 16.6 Å². The molecule has 0 saturated carbocycles. The Morgan fingerprint density at radius 1 is 1.27 bits per heavy atom. The van der Waals surface area contributed by atoms with Crippen LogP contribution in [0, 0.1) is 12.5 Å². The van der Waals surface area contributed by atoms with E-state index in [1.165, 1.54) is 21.0 Å². The highest BCUT2D eigenvalue weighted by Gasteiger charge is 2.38. The summed E-state index contributed by atoms with van der Waals surface area (Å²) in [5, 5.41) is 0. The molecule has 0 fully saturated rings. The van der Waals surface area contributed by atoms with E-state index in [9.17, 15) is 9.59 Å². The Morgan fingerprint density at radius 3 is 2.00 bits per heavy atom. The first-order chi connectivity index (χ1) is 4.96. The van der Waals surface area contributed by atoms with Crippen molar-refractivity contribution in [3.8, 4) is 0 Å². The van der Waals surface area contributed by atoms with Crippen molar-refractivity contribution < 1.29 is 19.1 Å². The van der Waals surface area contributed by atoms with Gasteiger partial charge in [0.2, 0.25) is 0 Å². The molecule has 4 heteroatoms. The molecular formula is C7H11O4. The summed E-state index contributed by atoms with van der Waals surface area (Å²) >= 11 is 0. The lowest BCUT2D eigenvalue weighted by molar-refractivity contribution is -0.164. The van der Waals surface area contributed by atoms with E-state index in [0.29, 0.717) is 0 Å². The average Bonchev–Trinajstić information content (AvgIpc) is 2.01. The molecule has 0 saturated heterocycles. The number of ether oxygens (including phenoxy) is 2. The lowest BCUT2D eigenvalue weighted by atomic mass is 9.94. The van der Waals surface area contributed by atoms with Crippen molar-refractivity contribution in [3.63, 3.8) is 0 Å². The second-order valence-electron chi connectivity index (χ2n) is 2.55. The predicted molar refractivity (Wildman–Crippen MR) is 37.2 cm³/mol. The molecule has 0 bridgehead atoms. The van der Waals surface area contributed by atoms with Crippen molar-refractivity contribution >= 4 is 11.9 Å². The third-order valence-electron chi connectivity index (χ3n) is 1.34. The standard InChI is InChI=1S/C7H11O4/c1-7(2,5(8)10-3)6(9)11-4/h3H2,1-2,4H3. The molecule has 0 spiro atoms. The van der Waals surface area contributed by atoms with Crippen LogP contribution in [0.4, 0.5) is 0 Å². The summed E-state index contributed by atoms with van der Waals surface area (Å²) in [4.78, 5) is 21.7. The van der Waals surface area contributed by atoms with Gasteiger partial charge in [0.05, 0.1) is 7.11 Å². The van der Waals surface area contributed by atoms with E-state index in [4.69, 9.17) is 0 Å². The van der Waals surface area contributed by atoms with Gasteiger partial charge in [0, 0.05) is 0 Å². The maximum atomic E-state index is 10.9. The second kappa shape index (κ2) is 3.37. The van der Waals surface area contributed by atoms with E-state index < -0.39 is 17.4 Å². The monoisotopic (exact) mass is 159 g/mol. The highest BCUT2D eigenvalue weighted by Crippen LogP contribution is 2.18. The molecule has 0 aromatic rings. The van der Waals surface area contributed by atoms with E-state index in [-0.39, 0.29) is 0 Å². The number of methoxy groups -OCH3 is 1. The van der Waals surface area contributed by atoms with Gasteiger partial charge < -0.3 is 9.47 Å². The number of hydrogen-bond acceptors (Lipinski definition) is 4. The zero-order valence-electron chi connectivity index (χ0n) is 6.84. The van der Waals surface area contributed by atoms with Crippen LogP contribution in [-0.4, -0.2) is 19.0 Å². The van der Waals surface area contributed by atoms with Crippen molar-refractivity contribution in [2.45, 2.75) is 13.8 Å². The van der Waals surface area contributed by atoms with Crippen LogP contribution >= 0.6 is 0 Å². The zero-order valence-corrected chi connectivity index (χ0v) is 6.84. The molecule has 0 aliphatic heterocycles. The quantitative estimate of drug-likeness (QED) is 0.435. The molecule has 0 N–H and O–H groups in total. The fourth-order valence-corrected chi connectivity index (χ4v) is 0.519. The lowest BCUT2D eigenvalue weighted by Gasteiger charge is -2.17. The Hall–Kier alpha value is -1.06. The summed E-state index contributed by atoms with van der Waals surface area (Å²) in [5.74, 6) is -1.34. The van der Waals surface area contributed by atoms with Gasteiger partial charge in [-0.1, -0.05) is 0 Å². The number of carbonyl (C=O) groups excluding carboxylic acids is 2. The van der Waals surface area contributed by atoms with E-state index >= 15 is 0 Å². The number of esters is 2. The summed E-state index contributed by atoms with van der Waals surface area (Å²) in [6, 6.07) is 0. The van der Waals surface area contributed by atoms with Crippen LogP contribution in [0.25, 0.3) is 0 Å². The van der Waals surface area contributed by atoms with E-state index in [1.807, 2.05) is 0 Å². The van der Waals surface area contributed by atoms with Crippen LogP contribution in [0.15, 0.2) is 0 Å². The van der Waals surface area contributed by atoms with E-state index in [1.54, 1.807) is 0 Å². The highest BCUT2D eigenvalue weighted by molar-refractivity contribution is 5.99. The molecule has 11 heavy (non-hydrogen) atoms. The van der Waals surface area contributed by atoms with Gasteiger partial charge in [-0.15, -0.1) is 0 Å². The number of hydrogen-bond donors (Lipinski definition) is 0. The summed E-state index contributed by atoms with van der Waals surface area (Å²) in [6.45, 7) is 2.82. The Morgan fingerprint density at radius 2 is 1.73 bits per heavy atom. The fraction of sp³-hybridized carbons (Fsp3) is 0.571. The minimum Gasteiger partial charge on any atom is -0.468 e. The van der Waals surface area contributed by atoms with Gasteiger partial charge in [-0.25, -0.2) is 0 Å². The average molecular weight is 159 g/mol. The van der Waals surface area contributed by atoms with Crippen LogP contribution in [0.5, 0.6) is 0 Å². The Bertz CT molecular complexity index is 153. The van der Waals surface area contributed by atoms with Gasteiger partial charge in [-0.05, 0) is 13.8 Å². The third-order valence-corrected chi connectivity index (χ3v) is 1.34. The predicted octanol–water partition coefficient (Wildman–Crippen LogP) is 0.520. The number of rotatable bonds is 2. The smallest absolute Gasteiger partial charge is 0.323 e. The third kappa shape index (κ3) is 1.93. The van der Waals surface area contributed by atoms with Crippen LogP contribution in [0.2, 0.25) is 0 Å². The van der Waals surface area contributed by atoms with Crippen molar-refractivity contribution in [1.82, 2.24) is 0 Å². The maximum Gasteiger partial charge on any atom is 0.323 e. The summed E-state index contributed by atoms with van der Waals surface area (Å²) in [7, 11) is 4.12. The molecule has 0 atom stereocenters. The molecule has 0 rings (SSSR count). The summed E-state index contributed by atoms with van der Waals surface area (Å²) in [6.07, 6.45) is 0. The van der Waals surface area contributed by atoms with E-state index in [0.717, 1.165) is 0 Å². The van der Waals surface area contributed by atoms with Crippen molar-refractivity contribution in [1.29, 1.82) is 0 Å². The molecule has 0 aliphatic carbocycles. The molecule has 63 valence electrons. The summed E-state index contributed by atoms with van der Waals surface area (Å²) in [5.41, 5.74) is -1.27. The highest BCUT2D eigenvalue weighted by atomic mass is 16.5.